The van der Waals surface area contributed by atoms with Crippen LogP contribution in [0, 0.1) is 0 Å². The minimum Gasteiger partial charge on any atom is -0.386 e. The Kier molecular flexibility index (Phi) is 3.59. The highest BCUT2D eigenvalue weighted by atomic mass is 79.9. The number of alkyl halides is 3. The molecule has 0 N–H and O–H groups in total. The highest BCUT2D eigenvalue weighted by Crippen LogP contribution is 2.33. The Morgan fingerprint density at radius 3 is 2.52 bits per heavy atom. The molecule has 0 radical (unpaired) electrons. The van der Waals surface area contributed by atoms with Gasteiger partial charge in [-0.3, -0.25) is 0 Å². The first kappa shape index (κ1) is 15.5. The van der Waals surface area contributed by atoms with E-state index in [0.29, 0.717) is 9.15 Å². The van der Waals surface area contributed by atoms with Crippen LogP contribution in [-0.2, 0) is 13.2 Å². The standard InChI is InChI=1S/C12H7BrF3N5O2/c1-20-11(22)23-10(19-20)7-4-8(12(14,15)16)21(18-7)9-3-2-6(13)5-17-9/h2-5H,1H3. The van der Waals surface area contributed by atoms with Crippen LogP contribution in [0.15, 0.2) is 38.1 Å². The fourth-order valence-corrected chi connectivity index (χ4v) is 2.04. The van der Waals surface area contributed by atoms with Crippen LogP contribution in [0.3, 0.4) is 0 Å². The minimum absolute atomic E-state index is 0.0370. The molecule has 0 unspecified atom stereocenters. The van der Waals surface area contributed by atoms with Crippen molar-refractivity contribution in [1.82, 2.24) is 24.5 Å². The Labute approximate surface area is 134 Å². The molecule has 11 heteroatoms. The maximum Gasteiger partial charge on any atom is 0.437 e. The van der Waals surface area contributed by atoms with Crippen molar-refractivity contribution in [3.8, 4) is 17.4 Å². The summed E-state index contributed by atoms with van der Waals surface area (Å²) < 4.78 is 46.5. The van der Waals surface area contributed by atoms with Gasteiger partial charge in [0.2, 0.25) is 0 Å². The van der Waals surface area contributed by atoms with Crippen LogP contribution in [0.5, 0.6) is 0 Å². The molecule has 3 rings (SSSR count). The van der Waals surface area contributed by atoms with Gasteiger partial charge in [0.15, 0.2) is 17.2 Å². The van der Waals surface area contributed by atoms with Crippen molar-refractivity contribution in [3.63, 3.8) is 0 Å². The molecule has 23 heavy (non-hydrogen) atoms. The largest absolute Gasteiger partial charge is 0.437 e. The second-order valence-electron chi connectivity index (χ2n) is 4.46. The van der Waals surface area contributed by atoms with E-state index in [2.05, 4.69) is 31.1 Å². The molecule has 3 heterocycles. The van der Waals surface area contributed by atoms with Gasteiger partial charge in [0.25, 0.3) is 5.89 Å². The molecule has 0 bridgehead atoms. The van der Waals surface area contributed by atoms with Gasteiger partial charge in [-0.25, -0.2) is 14.5 Å². The average molecular weight is 390 g/mol. The van der Waals surface area contributed by atoms with Gasteiger partial charge >= 0.3 is 11.9 Å². The molecule has 7 nitrogen and oxygen atoms in total. The van der Waals surface area contributed by atoms with Crippen LogP contribution in [0.2, 0.25) is 0 Å². The van der Waals surface area contributed by atoms with Crippen molar-refractivity contribution in [1.29, 1.82) is 0 Å². The van der Waals surface area contributed by atoms with Gasteiger partial charge in [0, 0.05) is 23.8 Å². The Bertz CT molecular complexity index is 910. The Balaban J connectivity index is 2.18. The number of rotatable bonds is 2. The number of nitrogens with zero attached hydrogens (tertiary/aromatic N) is 5. The number of pyridine rings is 1. The number of hydrogen-bond donors (Lipinski definition) is 0. The molecular formula is C12H7BrF3N5O2. The van der Waals surface area contributed by atoms with E-state index in [9.17, 15) is 18.0 Å². The van der Waals surface area contributed by atoms with E-state index in [1.54, 1.807) is 0 Å². The van der Waals surface area contributed by atoms with Gasteiger partial charge in [-0.05, 0) is 28.1 Å². The third kappa shape index (κ3) is 2.91. The van der Waals surface area contributed by atoms with Crippen LogP contribution in [-0.4, -0.2) is 24.5 Å². The fraction of sp³-hybridized carbons (Fsp3) is 0.167. The van der Waals surface area contributed by atoms with E-state index < -0.39 is 17.6 Å². The van der Waals surface area contributed by atoms with Crippen LogP contribution in [0.25, 0.3) is 17.4 Å². The topological polar surface area (TPSA) is 78.7 Å². The zero-order valence-electron chi connectivity index (χ0n) is 11.4. The normalized spacial score (nSPS) is 11.9. The third-order valence-electron chi connectivity index (χ3n) is 2.84. The lowest BCUT2D eigenvalue weighted by molar-refractivity contribution is -0.142. The predicted octanol–water partition coefficient (Wildman–Crippen LogP) is 2.40. The summed E-state index contributed by atoms with van der Waals surface area (Å²) in [4.78, 5) is 15.2. The number of aryl methyl sites for hydroxylation is 1. The lowest BCUT2D eigenvalue weighted by Gasteiger charge is -2.08. The van der Waals surface area contributed by atoms with E-state index >= 15 is 0 Å². The number of hydrogen-bond acceptors (Lipinski definition) is 5. The summed E-state index contributed by atoms with van der Waals surface area (Å²) >= 11 is 3.15. The SMILES string of the molecule is Cn1nc(-c2cc(C(F)(F)F)n(-c3ccc(Br)cn3)n2)oc1=O. The van der Waals surface area contributed by atoms with Crippen molar-refractivity contribution in [3.05, 3.63) is 45.1 Å². The lowest BCUT2D eigenvalue weighted by atomic mass is 10.3. The molecule has 0 aliphatic heterocycles. The quantitative estimate of drug-likeness (QED) is 0.672. The first-order valence-electron chi connectivity index (χ1n) is 6.09. The van der Waals surface area contributed by atoms with Crippen LogP contribution in [0.4, 0.5) is 13.2 Å². The Morgan fingerprint density at radius 1 is 1.26 bits per heavy atom. The van der Waals surface area contributed by atoms with E-state index in [4.69, 9.17) is 4.42 Å². The predicted molar refractivity (Wildman–Crippen MR) is 74.8 cm³/mol. The number of halogens is 4. The molecule has 3 aromatic rings. The van der Waals surface area contributed by atoms with Crippen molar-refractivity contribution < 1.29 is 17.6 Å². The molecule has 0 aliphatic carbocycles. The zero-order valence-corrected chi connectivity index (χ0v) is 13.0. The first-order chi connectivity index (χ1) is 10.8. The Hall–Kier alpha value is -2.43. The highest BCUT2D eigenvalue weighted by molar-refractivity contribution is 9.10. The van der Waals surface area contributed by atoms with Crippen LogP contribution >= 0.6 is 15.9 Å². The van der Waals surface area contributed by atoms with Crippen molar-refractivity contribution in [2.45, 2.75) is 6.18 Å². The minimum atomic E-state index is -4.67. The third-order valence-corrected chi connectivity index (χ3v) is 3.31. The average Bonchev–Trinajstić information content (AvgIpc) is 3.04. The smallest absolute Gasteiger partial charge is 0.386 e. The summed E-state index contributed by atoms with van der Waals surface area (Å²) in [6, 6.07) is 3.64. The summed E-state index contributed by atoms with van der Waals surface area (Å²) in [5.74, 6) is -1.14. The molecule has 0 spiro atoms. The fourth-order valence-electron chi connectivity index (χ4n) is 1.81. The molecule has 0 amide bonds. The van der Waals surface area contributed by atoms with Gasteiger partial charge in [-0.1, -0.05) is 0 Å². The first-order valence-corrected chi connectivity index (χ1v) is 6.89. The van der Waals surface area contributed by atoms with Gasteiger partial charge in [0.05, 0.1) is 0 Å². The second-order valence-corrected chi connectivity index (χ2v) is 5.37. The molecule has 0 aliphatic rings. The monoisotopic (exact) mass is 389 g/mol. The van der Waals surface area contributed by atoms with Crippen LogP contribution in [0.1, 0.15) is 5.69 Å². The summed E-state index contributed by atoms with van der Waals surface area (Å²) in [5, 5.41) is 7.50. The molecule has 0 fully saturated rings. The lowest BCUT2D eigenvalue weighted by Crippen LogP contribution is -2.14. The van der Waals surface area contributed by atoms with E-state index in [0.717, 1.165) is 10.7 Å². The van der Waals surface area contributed by atoms with Gasteiger partial charge in [0.1, 0.15) is 0 Å². The van der Waals surface area contributed by atoms with Crippen molar-refractivity contribution in [2.75, 3.05) is 0 Å². The maximum absolute atomic E-state index is 13.2. The maximum atomic E-state index is 13.2. The van der Waals surface area contributed by atoms with Crippen molar-refractivity contribution >= 4 is 15.9 Å². The summed E-state index contributed by atoms with van der Waals surface area (Å²) in [6.07, 6.45) is -3.33. The second kappa shape index (κ2) is 5.33. The molecule has 0 saturated carbocycles. The van der Waals surface area contributed by atoms with E-state index in [1.807, 2.05) is 0 Å². The molecule has 0 atom stereocenters. The molecule has 0 saturated heterocycles. The van der Waals surface area contributed by atoms with E-state index in [1.165, 1.54) is 25.4 Å². The van der Waals surface area contributed by atoms with Gasteiger partial charge in [-0.2, -0.15) is 23.0 Å². The van der Waals surface area contributed by atoms with Crippen LogP contribution < -0.4 is 5.76 Å². The summed E-state index contributed by atoms with van der Waals surface area (Å²) in [7, 11) is 1.31. The van der Waals surface area contributed by atoms with Gasteiger partial charge < -0.3 is 4.42 Å². The van der Waals surface area contributed by atoms with Gasteiger partial charge in [-0.15, -0.1) is 5.10 Å². The summed E-state index contributed by atoms with van der Waals surface area (Å²) in [5.41, 5.74) is -1.28. The van der Waals surface area contributed by atoms with Crippen molar-refractivity contribution in [2.24, 2.45) is 7.05 Å². The number of aromatic nitrogens is 5. The molecule has 0 aromatic carbocycles. The highest BCUT2D eigenvalue weighted by Gasteiger charge is 2.37. The summed E-state index contributed by atoms with van der Waals surface area (Å²) in [6.45, 7) is 0. The molecule has 120 valence electrons. The van der Waals surface area contributed by atoms with E-state index in [-0.39, 0.29) is 17.4 Å². The zero-order chi connectivity index (χ0) is 16.8. The Morgan fingerprint density at radius 2 is 2.00 bits per heavy atom. The molecule has 3 aromatic heterocycles. The molecular weight excluding hydrogens is 383 g/mol.